The maximum absolute atomic E-state index is 12.8. The van der Waals surface area contributed by atoms with Crippen LogP contribution >= 0.6 is 0 Å². The zero-order valence-electron chi connectivity index (χ0n) is 21.3. The number of hydrogen-bond donors (Lipinski definition) is 2. The molecule has 0 aromatic carbocycles. The summed E-state index contributed by atoms with van der Waals surface area (Å²) in [5.41, 5.74) is 10.0. The number of nitrogens with zero attached hydrogens (tertiary/aromatic N) is 5. The fraction of sp³-hybridized carbons (Fsp3) is 0.423. The normalized spacial score (nSPS) is 14.1. The number of anilines is 1. The van der Waals surface area contributed by atoms with E-state index in [0.29, 0.717) is 72.9 Å². The van der Waals surface area contributed by atoms with E-state index in [1.165, 1.54) is 6.20 Å². The molecule has 0 spiro atoms. The van der Waals surface area contributed by atoms with Gasteiger partial charge in [-0.05, 0) is 31.5 Å². The van der Waals surface area contributed by atoms with E-state index < -0.39 is 5.91 Å². The molecule has 0 atom stereocenters. The SMILES string of the molecule is COCCNc1cc(-c2c(C(N)=O)c3nc(C=O)c(CN4CCOCC4)cc3n2C(C)C)ncc1C#N. The lowest BCUT2D eigenvalue weighted by Crippen LogP contribution is -2.36. The van der Waals surface area contributed by atoms with Crippen molar-refractivity contribution in [3.8, 4) is 17.5 Å². The van der Waals surface area contributed by atoms with E-state index in [1.807, 2.05) is 24.5 Å². The van der Waals surface area contributed by atoms with Crippen LogP contribution in [-0.2, 0) is 16.0 Å². The van der Waals surface area contributed by atoms with Crippen LogP contribution in [0.25, 0.3) is 22.4 Å². The summed E-state index contributed by atoms with van der Waals surface area (Å²) in [6, 6.07) is 5.69. The smallest absolute Gasteiger partial charge is 0.253 e. The highest BCUT2D eigenvalue weighted by molar-refractivity contribution is 6.11. The summed E-state index contributed by atoms with van der Waals surface area (Å²) in [6.45, 7) is 8.24. The molecule has 3 aromatic heterocycles. The second-order valence-electron chi connectivity index (χ2n) is 9.10. The number of ether oxygens (including phenoxy) is 2. The molecule has 0 unspecified atom stereocenters. The lowest BCUT2D eigenvalue weighted by atomic mass is 10.1. The Morgan fingerprint density at radius 3 is 2.73 bits per heavy atom. The van der Waals surface area contributed by atoms with Crippen molar-refractivity contribution in [2.24, 2.45) is 5.73 Å². The predicted octanol–water partition coefficient (Wildman–Crippen LogP) is 2.35. The van der Waals surface area contributed by atoms with E-state index in [4.69, 9.17) is 15.2 Å². The Bertz CT molecular complexity index is 1350. The number of morpholine rings is 1. The number of nitrogens with two attached hydrogens (primary N) is 1. The van der Waals surface area contributed by atoms with E-state index in [-0.39, 0.29) is 17.3 Å². The largest absolute Gasteiger partial charge is 0.383 e. The Morgan fingerprint density at radius 1 is 1.35 bits per heavy atom. The molecule has 3 N–H and O–H groups in total. The monoisotopic (exact) mass is 505 g/mol. The van der Waals surface area contributed by atoms with Gasteiger partial charge in [-0.3, -0.25) is 19.5 Å². The maximum atomic E-state index is 12.8. The molecule has 1 aliphatic rings. The summed E-state index contributed by atoms with van der Waals surface area (Å²) in [5.74, 6) is -0.676. The van der Waals surface area contributed by atoms with Gasteiger partial charge in [0.15, 0.2) is 6.29 Å². The molecule has 0 aliphatic carbocycles. The molecule has 0 saturated carbocycles. The zero-order chi connectivity index (χ0) is 26.5. The molecule has 4 heterocycles. The lowest BCUT2D eigenvalue weighted by molar-refractivity contribution is 0.0341. The molecule has 1 saturated heterocycles. The molecule has 0 bridgehead atoms. The average Bonchev–Trinajstić information content (AvgIpc) is 3.23. The Hall–Kier alpha value is -3.85. The van der Waals surface area contributed by atoms with Gasteiger partial charge in [0.05, 0.1) is 53.5 Å². The molecule has 194 valence electrons. The predicted molar refractivity (Wildman–Crippen MR) is 138 cm³/mol. The quantitative estimate of drug-likeness (QED) is 0.313. The first-order chi connectivity index (χ1) is 17.9. The fourth-order valence-electron chi connectivity index (χ4n) is 4.64. The van der Waals surface area contributed by atoms with Crippen molar-refractivity contribution in [1.29, 1.82) is 5.26 Å². The van der Waals surface area contributed by atoms with Crippen molar-refractivity contribution >= 4 is 28.9 Å². The number of nitriles is 1. The van der Waals surface area contributed by atoms with Crippen molar-refractivity contribution in [2.75, 3.05) is 51.9 Å². The van der Waals surface area contributed by atoms with Gasteiger partial charge in [-0.1, -0.05) is 0 Å². The highest BCUT2D eigenvalue weighted by Crippen LogP contribution is 2.37. The summed E-state index contributed by atoms with van der Waals surface area (Å²) in [6.07, 6.45) is 2.18. The van der Waals surface area contributed by atoms with E-state index in [2.05, 4.69) is 26.3 Å². The van der Waals surface area contributed by atoms with Crippen molar-refractivity contribution in [3.63, 3.8) is 0 Å². The molecule has 11 nitrogen and oxygen atoms in total. The number of nitrogens with one attached hydrogen (secondary N) is 1. The van der Waals surface area contributed by atoms with E-state index in [9.17, 15) is 14.9 Å². The number of carbonyl (C=O) groups is 2. The summed E-state index contributed by atoms with van der Waals surface area (Å²) >= 11 is 0. The number of aldehydes is 1. The van der Waals surface area contributed by atoms with Gasteiger partial charge in [-0.15, -0.1) is 0 Å². The molecule has 1 aliphatic heterocycles. The number of carbonyl (C=O) groups excluding carboxylic acids is 2. The third-order valence-corrected chi connectivity index (χ3v) is 6.35. The highest BCUT2D eigenvalue weighted by Gasteiger charge is 2.28. The van der Waals surface area contributed by atoms with E-state index in [0.717, 1.165) is 18.7 Å². The zero-order valence-corrected chi connectivity index (χ0v) is 21.3. The highest BCUT2D eigenvalue weighted by atomic mass is 16.5. The number of methoxy groups -OCH3 is 1. The molecule has 37 heavy (non-hydrogen) atoms. The second kappa shape index (κ2) is 11.5. The van der Waals surface area contributed by atoms with Gasteiger partial charge in [-0.25, -0.2) is 4.98 Å². The second-order valence-corrected chi connectivity index (χ2v) is 9.10. The fourth-order valence-corrected chi connectivity index (χ4v) is 4.64. The summed E-state index contributed by atoms with van der Waals surface area (Å²) in [7, 11) is 1.60. The van der Waals surface area contributed by atoms with Crippen LogP contribution in [0.4, 0.5) is 5.69 Å². The molecule has 3 aromatic rings. The van der Waals surface area contributed by atoms with Gasteiger partial charge in [0, 0.05) is 45.5 Å². The maximum Gasteiger partial charge on any atom is 0.253 e. The molecule has 4 rings (SSSR count). The minimum atomic E-state index is -0.676. The number of rotatable bonds is 10. The van der Waals surface area contributed by atoms with E-state index >= 15 is 0 Å². The third kappa shape index (κ3) is 5.32. The number of hydrogen-bond acceptors (Lipinski definition) is 9. The number of aromatic nitrogens is 3. The summed E-state index contributed by atoms with van der Waals surface area (Å²) < 4.78 is 12.5. The first-order valence-corrected chi connectivity index (χ1v) is 12.2. The molecule has 0 radical (unpaired) electrons. The van der Waals surface area contributed by atoms with Gasteiger partial charge < -0.3 is 25.1 Å². The van der Waals surface area contributed by atoms with Crippen LogP contribution in [0.5, 0.6) is 0 Å². The molecular formula is C26H31N7O4. The number of primary amides is 1. The minimum absolute atomic E-state index is 0.0898. The van der Waals surface area contributed by atoms with Crippen LogP contribution in [0.15, 0.2) is 18.3 Å². The van der Waals surface area contributed by atoms with Crippen LogP contribution < -0.4 is 11.1 Å². The van der Waals surface area contributed by atoms with Gasteiger partial charge >= 0.3 is 0 Å². The van der Waals surface area contributed by atoms with Crippen LogP contribution in [0.3, 0.4) is 0 Å². The average molecular weight is 506 g/mol. The minimum Gasteiger partial charge on any atom is -0.383 e. The third-order valence-electron chi connectivity index (χ3n) is 6.35. The van der Waals surface area contributed by atoms with Crippen molar-refractivity contribution < 1.29 is 19.1 Å². The van der Waals surface area contributed by atoms with Crippen LogP contribution in [0, 0.1) is 11.3 Å². The lowest BCUT2D eigenvalue weighted by Gasteiger charge is -2.27. The van der Waals surface area contributed by atoms with E-state index in [1.54, 1.807) is 13.2 Å². The number of amides is 1. The molecule has 11 heteroatoms. The van der Waals surface area contributed by atoms with Gasteiger partial charge in [0.1, 0.15) is 17.3 Å². The standard InChI is InChI=1S/C26H31N7O4/c1-16(2)33-22-10-17(14-32-5-8-37-9-6-32)21(15-34)31-24(22)23(26(28)35)25(33)20-11-19(29-4-7-36-3)18(12-27)13-30-20/h10-11,13,15-16H,4-9,14H2,1-3H3,(H2,28,35)(H,29,30). The van der Waals surface area contributed by atoms with Crippen LogP contribution in [-0.4, -0.2) is 78.2 Å². The number of fused-ring (bicyclic) bond motifs is 1. The Labute approximate surface area is 215 Å². The van der Waals surface area contributed by atoms with Gasteiger partial charge in [0.2, 0.25) is 0 Å². The topological polar surface area (TPSA) is 148 Å². The molecule has 1 fully saturated rings. The van der Waals surface area contributed by atoms with Crippen molar-refractivity contribution in [1.82, 2.24) is 19.4 Å². The summed E-state index contributed by atoms with van der Waals surface area (Å²) in [4.78, 5) is 36.2. The van der Waals surface area contributed by atoms with Gasteiger partial charge in [-0.2, -0.15) is 5.26 Å². The first kappa shape index (κ1) is 26.2. The summed E-state index contributed by atoms with van der Waals surface area (Å²) in [5, 5.41) is 12.8. The van der Waals surface area contributed by atoms with Crippen molar-refractivity contribution in [3.05, 3.63) is 40.7 Å². The van der Waals surface area contributed by atoms with Gasteiger partial charge in [0.25, 0.3) is 5.91 Å². The van der Waals surface area contributed by atoms with Crippen LogP contribution in [0.2, 0.25) is 0 Å². The first-order valence-electron chi connectivity index (χ1n) is 12.2. The Kier molecular flexibility index (Phi) is 8.13. The molecular weight excluding hydrogens is 474 g/mol. The Balaban J connectivity index is 1.93. The van der Waals surface area contributed by atoms with Crippen LogP contribution in [0.1, 0.15) is 51.9 Å². The van der Waals surface area contributed by atoms with Crippen molar-refractivity contribution in [2.45, 2.75) is 26.4 Å². The number of pyridine rings is 2. The molecule has 1 amide bonds. The Morgan fingerprint density at radius 2 is 2.11 bits per heavy atom.